The third kappa shape index (κ3) is 4.84. The molecule has 0 aliphatic heterocycles. The fourth-order valence-electron chi connectivity index (χ4n) is 1.81. The van der Waals surface area contributed by atoms with E-state index in [1.54, 1.807) is 0 Å². The van der Waals surface area contributed by atoms with Gasteiger partial charge in [-0.15, -0.1) is 0 Å². The van der Waals surface area contributed by atoms with Gasteiger partial charge in [0.25, 0.3) is 0 Å². The van der Waals surface area contributed by atoms with Gasteiger partial charge >= 0.3 is 0 Å². The molecule has 2 N–H and O–H groups in total. The molecule has 0 bridgehead atoms. The molecule has 22 heavy (non-hydrogen) atoms. The van der Waals surface area contributed by atoms with Gasteiger partial charge in [0.1, 0.15) is 5.75 Å². The van der Waals surface area contributed by atoms with E-state index in [1.807, 2.05) is 60.7 Å². The molecule has 0 atom stereocenters. The Morgan fingerprint density at radius 2 is 1.82 bits per heavy atom. The number of carbonyl (C=O) groups excluding carboxylic acids is 1. The van der Waals surface area contributed by atoms with Gasteiger partial charge < -0.3 is 15.4 Å². The van der Waals surface area contributed by atoms with E-state index in [4.69, 9.17) is 10.00 Å². The average molecular weight is 295 g/mol. The first-order valence-electron chi connectivity index (χ1n) is 6.99. The van der Waals surface area contributed by atoms with Crippen LogP contribution in [-0.2, 0) is 4.79 Å². The van der Waals surface area contributed by atoms with Crippen molar-refractivity contribution in [2.75, 3.05) is 18.4 Å². The normalized spacial score (nSPS) is 9.59. The lowest BCUT2D eigenvalue weighted by atomic mass is 10.3. The maximum atomic E-state index is 11.6. The van der Waals surface area contributed by atoms with Crippen LogP contribution in [0, 0.1) is 11.3 Å². The van der Waals surface area contributed by atoms with Gasteiger partial charge in [0, 0.05) is 6.54 Å². The van der Waals surface area contributed by atoms with Gasteiger partial charge in [0.05, 0.1) is 24.7 Å². The van der Waals surface area contributed by atoms with Gasteiger partial charge in [0.15, 0.2) is 5.75 Å². The minimum Gasteiger partial charge on any atom is -0.455 e. The van der Waals surface area contributed by atoms with E-state index < -0.39 is 0 Å². The number of hydrogen-bond donors (Lipinski definition) is 2. The molecular weight excluding hydrogens is 278 g/mol. The van der Waals surface area contributed by atoms with Gasteiger partial charge in [-0.05, 0) is 24.3 Å². The number of nitriles is 1. The quantitative estimate of drug-likeness (QED) is 0.770. The summed E-state index contributed by atoms with van der Waals surface area (Å²) in [6, 6.07) is 18.8. The van der Waals surface area contributed by atoms with Crippen LogP contribution in [0.25, 0.3) is 0 Å². The van der Waals surface area contributed by atoms with Crippen molar-refractivity contribution in [1.29, 1.82) is 5.26 Å². The third-order valence-corrected chi connectivity index (χ3v) is 2.86. The number of rotatable bonds is 7. The molecule has 0 saturated heterocycles. The SMILES string of the molecule is N#CCCNC(=O)CNc1ccccc1Oc1ccccc1. The Morgan fingerprint density at radius 1 is 1.09 bits per heavy atom. The van der Waals surface area contributed by atoms with Crippen LogP contribution >= 0.6 is 0 Å². The fourth-order valence-corrected chi connectivity index (χ4v) is 1.81. The number of hydrogen-bond acceptors (Lipinski definition) is 4. The van der Waals surface area contributed by atoms with Crippen LogP contribution < -0.4 is 15.4 Å². The second kappa shape index (κ2) is 8.32. The molecule has 0 radical (unpaired) electrons. The summed E-state index contributed by atoms with van der Waals surface area (Å²) in [6.45, 7) is 0.486. The molecule has 112 valence electrons. The van der Waals surface area contributed by atoms with Crippen LogP contribution in [-0.4, -0.2) is 19.0 Å². The fraction of sp³-hybridized carbons (Fsp3) is 0.176. The summed E-state index contributed by atoms with van der Waals surface area (Å²) < 4.78 is 5.80. The number of para-hydroxylation sites is 3. The molecule has 0 fully saturated rings. The van der Waals surface area contributed by atoms with Crippen molar-refractivity contribution >= 4 is 11.6 Å². The van der Waals surface area contributed by atoms with Gasteiger partial charge in [0.2, 0.25) is 5.91 Å². The van der Waals surface area contributed by atoms with Gasteiger partial charge in [-0.3, -0.25) is 4.79 Å². The van der Waals surface area contributed by atoms with Crippen molar-refractivity contribution in [2.45, 2.75) is 6.42 Å². The Labute approximate surface area is 129 Å². The van der Waals surface area contributed by atoms with Gasteiger partial charge in [-0.2, -0.15) is 5.26 Å². The van der Waals surface area contributed by atoms with Crippen LogP contribution in [0.1, 0.15) is 6.42 Å². The summed E-state index contributed by atoms with van der Waals surface area (Å²) in [5, 5.41) is 14.1. The highest BCUT2D eigenvalue weighted by Gasteiger charge is 2.06. The molecule has 1 amide bonds. The Balaban J connectivity index is 1.94. The molecule has 5 nitrogen and oxygen atoms in total. The number of nitrogens with one attached hydrogen (secondary N) is 2. The summed E-state index contributed by atoms with van der Waals surface area (Å²) in [7, 11) is 0. The van der Waals surface area contributed by atoms with Crippen molar-refractivity contribution < 1.29 is 9.53 Å². The predicted molar refractivity (Wildman–Crippen MR) is 84.7 cm³/mol. The second-order valence-electron chi connectivity index (χ2n) is 4.52. The van der Waals surface area contributed by atoms with Gasteiger partial charge in [-0.25, -0.2) is 0 Å². The van der Waals surface area contributed by atoms with Crippen LogP contribution in [0.5, 0.6) is 11.5 Å². The summed E-state index contributed by atoms with van der Waals surface area (Å²) in [5.74, 6) is 1.22. The van der Waals surface area contributed by atoms with E-state index in [0.717, 1.165) is 11.4 Å². The molecule has 0 aliphatic carbocycles. The molecule has 0 saturated carbocycles. The number of carbonyl (C=O) groups is 1. The van der Waals surface area contributed by atoms with Crippen LogP contribution in [0.15, 0.2) is 54.6 Å². The molecule has 0 aliphatic rings. The third-order valence-electron chi connectivity index (χ3n) is 2.86. The lowest BCUT2D eigenvalue weighted by Gasteiger charge is -2.12. The lowest BCUT2D eigenvalue weighted by molar-refractivity contribution is -0.119. The maximum absolute atomic E-state index is 11.6. The van der Waals surface area contributed by atoms with E-state index in [-0.39, 0.29) is 12.5 Å². The predicted octanol–water partition coefficient (Wildman–Crippen LogP) is 2.92. The maximum Gasteiger partial charge on any atom is 0.239 e. The average Bonchev–Trinajstić information content (AvgIpc) is 2.55. The molecule has 2 rings (SSSR count). The molecule has 0 spiro atoms. The zero-order valence-electron chi connectivity index (χ0n) is 12.1. The van der Waals surface area contributed by atoms with Crippen molar-refractivity contribution in [3.8, 4) is 17.6 Å². The Hall–Kier alpha value is -3.00. The molecule has 0 unspecified atom stereocenters. The topological polar surface area (TPSA) is 74.2 Å². The number of ether oxygens (including phenoxy) is 1. The van der Waals surface area contributed by atoms with E-state index in [2.05, 4.69) is 10.6 Å². The smallest absolute Gasteiger partial charge is 0.239 e. The molecular formula is C17H17N3O2. The van der Waals surface area contributed by atoms with Crippen molar-refractivity contribution in [1.82, 2.24) is 5.32 Å². The minimum atomic E-state index is -0.162. The highest BCUT2D eigenvalue weighted by atomic mass is 16.5. The van der Waals surface area contributed by atoms with Crippen LogP contribution in [0.2, 0.25) is 0 Å². The standard InChI is InChI=1S/C17H17N3O2/c18-11-6-12-19-17(21)13-20-15-9-4-5-10-16(15)22-14-7-2-1-3-8-14/h1-5,7-10,20H,6,12-13H2,(H,19,21). The first-order valence-corrected chi connectivity index (χ1v) is 6.99. The molecule has 2 aromatic rings. The highest BCUT2D eigenvalue weighted by molar-refractivity contribution is 5.81. The van der Waals surface area contributed by atoms with Crippen molar-refractivity contribution in [3.05, 3.63) is 54.6 Å². The number of amides is 1. The minimum absolute atomic E-state index is 0.126. The number of anilines is 1. The Bertz CT molecular complexity index is 650. The van der Waals surface area contributed by atoms with E-state index in [9.17, 15) is 4.79 Å². The molecule has 0 heterocycles. The second-order valence-corrected chi connectivity index (χ2v) is 4.52. The molecule has 2 aromatic carbocycles. The number of nitrogens with zero attached hydrogens (tertiary/aromatic N) is 1. The first-order chi connectivity index (χ1) is 10.8. The molecule has 5 heteroatoms. The largest absolute Gasteiger partial charge is 0.455 e. The zero-order chi connectivity index (χ0) is 15.6. The van der Waals surface area contributed by atoms with E-state index in [0.29, 0.717) is 18.7 Å². The Kier molecular flexibility index (Phi) is 5.82. The summed E-state index contributed by atoms with van der Waals surface area (Å²) in [5.41, 5.74) is 0.738. The van der Waals surface area contributed by atoms with E-state index >= 15 is 0 Å². The monoisotopic (exact) mass is 295 g/mol. The lowest BCUT2D eigenvalue weighted by Crippen LogP contribution is -2.30. The number of benzene rings is 2. The summed E-state index contributed by atoms with van der Waals surface area (Å²) in [4.78, 5) is 11.6. The Morgan fingerprint density at radius 3 is 2.59 bits per heavy atom. The van der Waals surface area contributed by atoms with Crippen LogP contribution in [0.3, 0.4) is 0 Å². The molecule has 0 aromatic heterocycles. The summed E-state index contributed by atoms with van der Waals surface area (Å²) >= 11 is 0. The van der Waals surface area contributed by atoms with Crippen molar-refractivity contribution in [2.24, 2.45) is 0 Å². The summed E-state index contributed by atoms with van der Waals surface area (Å²) in [6.07, 6.45) is 0.305. The van der Waals surface area contributed by atoms with Crippen LogP contribution in [0.4, 0.5) is 5.69 Å². The van der Waals surface area contributed by atoms with Gasteiger partial charge in [-0.1, -0.05) is 30.3 Å². The van der Waals surface area contributed by atoms with E-state index in [1.165, 1.54) is 0 Å². The highest BCUT2D eigenvalue weighted by Crippen LogP contribution is 2.28. The first kappa shape index (κ1) is 15.4. The zero-order valence-corrected chi connectivity index (χ0v) is 12.1. The van der Waals surface area contributed by atoms with Crippen molar-refractivity contribution in [3.63, 3.8) is 0 Å².